The van der Waals surface area contributed by atoms with Crippen molar-refractivity contribution in [2.75, 3.05) is 0 Å². The first-order valence-corrected chi connectivity index (χ1v) is 9.46. The molecule has 0 atom stereocenters. The van der Waals surface area contributed by atoms with Crippen LogP contribution in [0.5, 0.6) is 0 Å². The summed E-state index contributed by atoms with van der Waals surface area (Å²) in [7, 11) is 0. The van der Waals surface area contributed by atoms with Crippen molar-refractivity contribution in [2.45, 2.75) is 26.7 Å². The van der Waals surface area contributed by atoms with E-state index in [1.807, 2.05) is 54.7 Å². The zero-order valence-corrected chi connectivity index (χ0v) is 19.3. The molecule has 1 radical (unpaired) electrons. The number of benzene rings is 2. The van der Waals surface area contributed by atoms with Gasteiger partial charge in [-0.15, -0.1) is 71.3 Å². The number of aryl methyl sites for hydroxylation is 1. The van der Waals surface area contributed by atoms with Crippen molar-refractivity contribution in [2.24, 2.45) is 0 Å². The van der Waals surface area contributed by atoms with Crippen LogP contribution in [0.4, 0.5) is 0 Å². The number of aromatic nitrogens is 2. The molecule has 4 rings (SSSR count). The first-order chi connectivity index (χ1) is 13.6. The molecular formula is C26H24IrN2-2. The van der Waals surface area contributed by atoms with Gasteiger partial charge in [0, 0.05) is 32.5 Å². The second-order valence-electron chi connectivity index (χ2n) is 6.90. The van der Waals surface area contributed by atoms with Gasteiger partial charge in [0.1, 0.15) is 0 Å². The van der Waals surface area contributed by atoms with E-state index in [2.05, 4.69) is 67.1 Å². The van der Waals surface area contributed by atoms with Crippen LogP contribution in [-0.4, -0.2) is 9.97 Å². The van der Waals surface area contributed by atoms with Gasteiger partial charge in [-0.1, -0.05) is 44.5 Å². The van der Waals surface area contributed by atoms with Crippen LogP contribution in [-0.2, 0) is 20.1 Å². The fraction of sp³-hybridized carbons (Fsp3) is 0.154. The fourth-order valence-electron chi connectivity index (χ4n) is 2.76. The molecule has 2 nitrogen and oxygen atoms in total. The van der Waals surface area contributed by atoms with Gasteiger partial charge < -0.3 is 9.97 Å². The molecule has 0 amide bonds. The summed E-state index contributed by atoms with van der Waals surface area (Å²) in [6.45, 7) is 6.47. The van der Waals surface area contributed by atoms with E-state index in [0.717, 1.165) is 22.5 Å². The van der Waals surface area contributed by atoms with Gasteiger partial charge in [-0.25, -0.2) is 0 Å². The van der Waals surface area contributed by atoms with E-state index >= 15 is 0 Å². The van der Waals surface area contributed by atoms with Gasteiger partial charge in [-0.3, -0.25) is 0 Å². The van der Waals surface area contributed by atoms with E-state index in [0.29, 0.717) is 5.92 Å². The first-order valence-electron chi connectivity index (χ1n) is 9.46. The summed E-state index contributed by atoms with van der Waals surface area (Å²) in [5.41, 5.74) is 6.65. The van der Waals surface area contributed by atoms with Crippen LogP contribution in [0.25, 0.3) is 22.5 Å². The molecule has 0 unspecified atom stereocenters. The smallest absolute Gasteiger partial charge is 0.0163 e. The van der Waals surface area contributed by atoms with Crippen molar-refractivity contribution in [3.05, 3.63) is 108 Å². The second kappa shape index (κ2) is 11.4. The maximum absolute atomic E-state index is 4.40. The Labute approximate surface area is 187 Å². The number of rotatable bonds is 3. The Kier molecular flexibility index (Phi) is 8.92. The largest absolute Gasteiger partial charge is 0.305 e. The van der Waals surface area contributed by atoms with Crippen molar-refractivity contribution in [1.29, 1.82) is 0 Å². The molecule has 0 saturated carbocycles. The van der Waals surface area contributed by atoms with Gasteiger partial charge >= 0.3 is 0 Å². The molecule has 0 aliphatic heterocycles. The molecule has 0 fully saturated rings. The normalized spacial score (nSPS) is 9.93. The van der Waals surface area contributed by atoms with E-state index in [1.165, 1.54) is 11.1 Å². The maximum atomic E-state index is 4.40. The minimum Gasteiger partial charge on any atom is -0.305 e. The molecule has 0 aliphatic rings. The third-order valence-electron chi connectivity index (χ3n) is 4.33. The quantitative estimate of drug-likeness (QED) is 0.268. The minimum absolute atomic E-state index is 0. The van der Waals surface area contributed by atoms with E-state index < -0.39 is 0 Å². The third kappa shape index (κ3) is 6.74. The summed E-state index contributed by atoms with van der Waals surface area (Å²) in [6, 6.07) is 30.4. The predicted octanol–water partition coefficient (Wildman–Crippen LogP) is 6.53. The standard InChI is InChI=1S/C15H16N.C11H8N.Ir/c1-11(2)13-7-8-16-15(10-13)14-6-4-5-12(3)9-14;1-2-6-10(7-3-1)11-8-4-5-9-12-11;/h4-5,7-11H,1-3H3;1-6,8-9H;/q2*-1;. The summed E-state index contributed by atoms with van der Waals surface area (Å²) < 4.78 is 0. The molecule has 2 aromatic carbocycles. The van der Waals surface area contributed by atoms with Crippen LogP contribution in [0.2, 0.25) is 0 Å². The molecular weight excluding hydrogens is 533 g/mol. The Balaban J connectivity index is 0.000000207. The summed E-state index contributed by atoms with van der Waals surface area (Å²) >= 11 is 0. The Morgan fingerprint density at radius 2 is 1.48 bits per heavy atom. The van der Waals surface area contributed by atoms with Crippen LogP contribution in [0.1, 0.15) is 30.9 Å². The molecule has 4 aromatic rings. The molecule has 3 heteroatoms. The molecule has 2 aromatic heterocycles. The summed E-state index contributed by atoms with van der Waals surface area (Å²) in [4.78, 5) is 8.62. The fourth-order valence-corrected chi connectivity index (χ4v) is 2.76. The number of hydrogen-bond acceptors (Lipinski definition) is 2. The molecule has 2 heterocycles. The van der Waals surface area contributed by atoms with Crippen molar-refractivity contribution in [3.8, 4) is 22.5 Å². The van der Waals surface area contributed by atoms with Gasteiger partial charge in [0.05, 0.1) is 0 Å². The van der Waals surface area contributed by atoms with Gasteiger partial charge in [-0.2, -0.15) is 0 Å². The molecule has 0 bridgehead atoms. The third-order valence-corrected chi connectivity index (χ3v) is 4.33. The summed E-state index contributed by atoms with van der Waals surface area (Å²) in [6.07, 6.45) is 3.66. The Morgan fingerprint density at radius 3 is 2.14 bits per heavy atom. The van der Waals surface area contributed by atoms with Gasteiger partial charge in [0.15, 0.2) is 0 Å². The van der Waals surface area contributed by atoms with E-state index in [4.69, 9.17) is 0 Å². The molecule has 149 valence electrons. The summed E-state index contributed by atoms with van der Waals surface area (Å²) in [5, 5.41) is 0. The second-order valence-corrected chi connectivity index (χ2v) is 6.90. The average molecular weight is 557 g/mol. The van der Waals surface area contributed by atoms with Crippen molar-refractivity contribution in [1.82, 2.24) is 9.97 Å². The number of nitrogens with zero attached hydrogens (tertiary/aromatic N) is 2. The first kappa shape index (κ1) is 22.7. The Morgan fingerprint density at radius 1 is 0.724 bits per heavy atom. The van der Waals surface area contributed by atoms with Crippen LogP contribution in [0.15, 0.2) is 85.2 Å². The zero-order chi connectivity index (χ0) is 19.8. The van der Waals surface area contributed by atoms with Crippen molar-refractivity contribution >= 4 is 0 Å². The van der Waals surface area contributed by atoms with Gasteiger partial charge in [0.25, 0.3) is 0 Å². The molecule has 0 saturated heterocycles. The number of hydrogen-bond donors (Lipinski definition) is 0. The van der Waals surface area contributed by atoms with Crippen LogP contribution < -0.4 is 0 Å². The molecule has 0 spiro atoms. The minimum atomic E-state index is 0. The van der Waals surface area contributed by atoms with Crippen LogP contribution in [0, 0.1) is 19.1 Å². The van der Waals surface area contributed by atoms with Crippen LogP contribution >= 0.6 is 0 Å². The monoisotopic (exact) mass is 557 g/mol. The van der Waals surface area contributed by atoms with E-state index in [-0.39, 0.29) is 20.1 Å². The average Bonchev–Trinajstić information content (AvgIpc) is 2.75. The molecule has 29 heavy (non-hydrogen) atoms. The van der Waals surface area contributed by atoms with Gasteiger partial charge in [-0.05, 0) is 29.4 Å². The molecule has 0 N–H and O–H groups in total. The van der Waals surface area contributed by atoms with E-state index in [1.54, 1.807) is 6.20 Å². The topological polar surface area (TPSA) is 25.8 Å². The summed E-state index contributed by atoms with van der Waals surface area (Å²) in [5.74, 6) is 0.534. The van der Waals surface area contributed by atoms with Crippen molar-refractivity contribution in [3.63, 3.8) is 0 Å². The zero-order valence-electron chi connectivity index (χ0n) is 16.9. The SMILES string of the molecule is Cc1cc[c-]c(-c2cc(C(C)C)ccn2)c1.[Ir].[c-]1ccccc1-c1ccccn1. The Bertz CT molecular complexity index is 962. The predicted molar refractivity (Wildman–Crippen MR) is 116 cm³/mol. The van der Waals surface area contributed by atoms with E-state index in [9.17, 15) is 0 Å². The Hall–Kier alpha value is -2.61. The van der Waals surface area contributed by atoms with Gasteiger partial charge in [0.2, 0.25) is 0 Å². The maximum Gasteiger partial charge on any atom is 0.0163 e. The van der Waals surface area contributed by atoms with Crippen LogP contribution in [0.3, 0.4) is 0 Å². The van der Waals surface area contributed by atoms with Crippen molar-refractivity contribution < 1.29 is 20.1 Å². The molecule has 0 aliphatic carbocycles. The number of pyridine rings is 2.